The number of pyridine rings is 1. The minimum absolute atomic E-state index is 0.0111. The number of benzene rings is 1. The van der Waals surface area contributed by atoms with Crippen molar-refractivity contribution in [3.63, 3.8) is 0 Å². The van der Waals surface area contributed by atoms with Crippen LogP contribution in [0.4, 0.5) is 5.69 Å². The Balaban J connectivity index is 1.14. The third kappa shape index (κ3) is 4.94. The van der Waals surface area contributed by atoms with Gasteiger partial charge in [0.1, 0.15) is 0 Å². The molecular weight excluding hydrogens is 440 g/mol. The average molecular weight is 473 g/mol. The van der Waals surface area contributed by atoms with Crippen LogP contribution in [0, 0.1) is 6.92 Å². The molecule has 0 radical (unpaired) electrons. The first kappa shape index (κ1) is 22.2. The van der Waals surface area contributed by atoms with Gasteiger partial charge < -0.3 is 19.9 Å². The number of hydrogen-bond acceptors (Lipinski definition) is 6. The predicted octanol–water partition coefficient (Wildman–Crippen LogP) is 3.41. The molecule has 0 spiro atoms. The van der Waals surface area contributed by atoms with Gasteiger partial charge in [-0.2, -0.15) is 0 Å². The van der Waals surface area contributed by atoms with E-state index in [0.717, 1.165) is 80.2 Å². The van der Waals surface area contributed by atoms with E-state index in [9.17, 15) is 4.79 Å². The van der Waals surface area contributed by atoms with Crippen LogP contribution in [0.1, 0.15) is 41.6 Å². The lowest BCUT2D eigenvalue weighted by Gasteiger charge is -2.41. The highest BCUT2D eigenvalue weighted by molar-refractivity contribution is 5.96. The molecule has 4 heterocycles. The van der Waals surface area contributed by atoms with Crippen molar-refractivity contribution in [3.05, 3.63) is 60.3 Å². The van der Waals surface area contributed by atoms with Crippen LogP contribution in [0.25, 0.3) is 16.9 Å². The standard InChI is InChI=1S/C27H32N6O2/c1-18-2-3-19(27(34)31-20-4-5-20)10-25(18)26-14-33(17-29-26)23-11-22(12-28-13-23)30-21-6-8-32(9-7-21)24-15-35-16-24/h2-3,10-14,17,20-21,24,30H,4-9,15-16H2,1H3,(H,31,34). The van der Waals surface area contributed by atoms with E-state index in [2.05, 4.69) is 31.6 Å². The molecule has 35 heavy (non-hydrogen) atoms. The van der Waals surface area contributed by atoms with Crippen LogP contribution in [-0.2, 0) is 4.74 Å². The molecule has 3 fully saturated rings. The highest BCUT2D eigenvalue weighted by Gasteiger charge is 2.29. The predicted molar refractivity (Wildman–Crippen MR) is 135 cm³/mol. The van der Waals surface area contributed by atoms with E-state index in [1.807, 2.05) is 54.6 Å². The summed E-state index contributed by atoms with van der Waals surface area (Å²) in [6.07, 6.45) is 12.0. The number of imidazole rings is 1. The summed E-state index contributed by atoms with van der Waals surface area (Å²) in [5.74, 6) is -0.0111. The fraction of sp³-hybridized carbons (Fsp3) is 0.444. The van der Waals surface area contributed by atoms with Crippen LogP contribution < -0.4 is 10.6 Å². The Hall–Kier alpha value is -3.23. The van der Waals surface area contributed by atoms with Gasteiger partial charge in [0.15, 0.2) is 0 Å². The van der Waals surface area contributed by atoms with Gasteiger partial charge in [-0.3, -0.25) is 14.7 Å². The lowest BCUT2D eigenvalue weighted by atomic mass is 10.0. The number of carbonyl (C=O) groups excluding carboxylic acids is 1. The summed E-state index contributed by atoms with van der Waals surface area (Å²) in [5, 5.41) is 6.74. The van der Waals surface area contributed by atoms with Gasteiger partial charge in [0.25, 0.3) is 5.91 Å². The zero-order valence-electron chi connectivity index (χ0n) is 20.1. The minimum atomic E-state index is -0.0111. The van der Waals surface area contributed by atoms with E-state index < -0.39 is 0 Å². The van der Waals surface area contributed by atoms with Gasteiger partial charge in [0.05, 0.1) is 55.0 Å². The van der Waals surface area contributed by atoms with Crippen molar-refractivity contribution in [2.75, 3.05) is 31.6 Å². The minimum Gasteiger partial charge on any atom is -0.381 e. The Morgan fingerprint density at radius 3 is 2.63 bits per heavy atom. The smallest absolute Gasteiger partial charge is 0.251 e. The van der Waals surface area contributed by atoms with Crippen LogP contribution in [0.5, 0.6) is 0 Å². The molecule has 2 saturated heterocycles. The monoisotopic (exact) mass is 472 g/mol. The van der Waals surface area contributed by atoms with E-state index in [1.54, 1.807) is 0 Å². The van der Waals surface area contributed by atoms with E-state index in [0.29, 0.717) is 23.7 Å². The van der Waals surface area contributed by atoms with Crippen molar-refractivity contribution in [2.45, 2.75) is 50.7 Å². The van der Waals surface area contributed by atoms with Crippen LogP contribution in [-0.4, -0.2) is 69.8 Å². The summed E-state index contributed by atoms with van der Waals surface area (Å²) in [6, 6.07) is 9.35. The quantitative estimate of drug-likeness (QED) is 0.548. The molecule has 1 amide bonds. The van der Waals surface area contributed by atoms with E-state index >= 15 is 0 Å². The maximum Gasteiger partial charge on any atom is 0.251 e. The topological polar surface area (TPSA) is 84.3 Å². The van der Waals surface area contributed by atoms with Crippen molar-refractivity contribution in [1.29, 1.82) is 0 Å². The molecule has 3 aliphatic rings. The number of likely N-dealkylation sites (tertiary alicyclic amines) is 1. The Morgan fingerprint density at radius 1 is 1.06 bits per heavy atom. The molecule has 6 rings (SSSR count). The number of ether oxygens (including phenoxy) is 1. The maximum atomic E-state index is 12.5. The fourth-order valence-electron chi connectivity index (χ4n) is 4.87. The van der Waals surface area contributed by atoms with Gasteiger partial charge in [-0.05, 0) is 56.4 Å². The number of anilines is 1. The third-order valence-electron chi connectivity index (χ3n) is 7.33. The SMILES string of the molecule is Cc1ccc(C(=O)NC2CC2)cc1-c1cn(-c2cncc(NC3CCN(C4COC4)CC3)c2)cn1. The maximum absolute atomic E-state index is 12.5. The van der Waals surface area contributed by atoms with Crippen molar-refractivity contribution in [3.8, 4) is 16.9 Å². The average Bonchev–Trinajstić information content (AvgIpc) is 3.51. The molecule has 0 bridgehead atoms. The molecule has 0 atom stereocenters. The largest absolute Gasteiger partial charge is 0.381 e. The molecule has 8 heteroatoms. The molecule has 0 unspecified atom stereocenters. The van der Waals surface area contributed by atoms with Crippen LogP contribution in [0.2, 0.25) is 0 Å². The summed E-state index contributed by atoms with van der Waals surface area (Å²) >= 11 is 0. The van der Waals surface area contributed by atoms with Crippen molar-refractivity contribution >= 4 is 11.6 Å². The summed E-state index contributed by atoms with van der Waals surface area (Å²) in [6.45, 7) is 6.04. The van der Waals surface area contributed by atoms with Gasteiger partial charge in [-0.1, -0.05) is 6.07 Å². The normalized spacial score (nSPS) is 19.3. The highest BCUT2D eigenvalue weighted by atomic mass is 16.5. The number of carbonyl (C=O) groups is 1. The Morgan fingerprint density at radius 2 is 1.89 bits per heavy atom. The number of hydrogen-bond donors (Lipinski definition) is 2. The molecular formula is C27H32N6O2. The first-order valence-electron chi connectivity index (χ1n) is 12.6. The molecule has 1 saturated carbocycles. The Labute approximate surface area is 205 Å². The van der Waals surface area contributed by atoms with E-state index in [1.165, 1.54) is 0 Å². The molecule has 1 aromatic carbocycles. The van der Waals surface area contributed by atoms with Crippen LogP contribution >= 0.6 is 0 Å². The van der Waals surface area contributed by atoms with Gasteiger partial charge in [0, 0.05) is 42.5 Å². The Bertz CT molecular complexity index is 1210. The molecule has 2 N–H and O–H groups in total. The fourth-order valence-corrected chi connectivity index (χ4v) is 4.87. The second kappa shape index (κ2) is 9.43. The number of amides is 1. The molecule has 8 nitrogen and oxygen atoms in total. The number of nitrogens with one attached hydrogen (secondary N) is 2. The third-order valence-corrected chi connectivity index (χ3v) is 7.33. The summed E-state index contributed by atoms with van der Waals surface area (Å²) in [5.41, 5.74) is 5.56. The number of nitrogens with zero attached hydrogens (tertiary/aromatic N) is 4. The number of rotatable bonds is 7. The molecule has 2 aliphatic heterocycles. The highest BCUT2D eigenvalue weighted by Crippen LogP contribution is 2.26. The molecule has 2 aromatic heterocycles. The van der Waals surface area contributed by atoms with Gasteiger partial charge in [-0.15, -0.1) is 0 Å². The summed E-state index contributed by atoms with van der Waals surface area (Å²) in [7, 11) is 0. The van der Waals surface area contributed by atoms with Crippen molar-refractivity contribution in [1.82, 2.24) is 24.8 Å². The van der Waals surface area contributed by atoms with Gasteiger partial charge in [0.2, 0.25) is 0 Å². The van der Waals surface area contributed by atoms with E-state index in [-0.39, 0.29) is 5.91 Å². The first-order valence-corrected chi connectivity index (χ1v) is 12.6. The van der Waals surface area contributed by atoms with Gasteiger partial charge >= 0.3 is 0 Å². The zero-order chi connectivity index (χ0) is 23.8. The molecule has 182 valence electrons. The van der Waals surface area contributed by atoms with Crippen LogP contribution in [0.15, 0.2) is 49.2 Å². The number of piperidine rings is 1. The van der Waals surface area contributed by atoms with Crippen LogP contribution in [0.3, 0.4) is 0 Å². The Kier molecular flexibility index (Phi) is 6.00. The summed E-state index contributed by atoms with van der Waals surface area (Å²) < 4.78 is 7.33. The van der Waals surface area contributed by atoms with E-state index in [4.69, 9.17) is 4.74 Å². The first-order chi connectivity index (χ1) is 17.1. The molecule has 1 aliphatic carbocycles. The number of aromatic nitrogens is 3. The van der Waals surface area contributed by atoms with Crippen molar-refractivity contribution in [2.24, 2.45) is 0 Å². The molecule has 3 aromatic rings. The number of aryl methyl sites for hydroxylation is 1. The summed E-state index contributed by atoms with van der Waals surface area (Å²) in [4.78, 5) is 24.2. The van der Waals surface area contributed by atoms with Crippen molar-refractivity contribution < 1.29 is 9.53 Å². The van der Waals surface area contributed by atoms with Gasteiger partial charge in [-0.25, -0.2) is 4.98 Å². The second-order valence-corrected chi connectivity index (χ2v) is 10.0. The zero-order valence-corrected chi connectivity index (χ0v) is 20.1. The lowest BCUT2D eigenvalue weighted by molar-refractivity contribution is -0.0705. The lowest BCUT2D eigenvalue weighted by Crippen LogP contribution is -2.53. The second-order valence-electron chi connectivity index (χ2n) is 10.0.